The summed E-state index contributed by atoms with van der Waals surface area (Å²) >= 11 is 0. The van der Waals surface area contributed by atoms with Crippen molar-refractivity contribution in [3.05, 3.63) is 75.6 Å². The summed E-state index contributed by atoms with van der Waals surface area (Å²) in [6.07, 6.45) is 2.58. The van der Waals surface area contributed by atoms with Gasteiger partial charge in [-0.25, -0.2) is 4.79 Å². The number of hydrogen-bond donors (Lipinski definition) is 3. The third kappa shape index (κ3) is 3.92. The first-order valence-electron chi connectivity index (χ1n) is 9.56. The van der Waals surface area contributed by atoms with Gasteiger partial charge in [-0.3, -0.25) is 9.69 Å². The van der Waals surface area contributed by atoms with Gasteiger partial charge in [0.1, 0.15) is 5.69 Å². The van der Waals surface area contributed by atoms with E-state index in [2.05, 4.69) is 44.8 Å². The number of aryl methyl sites for hydroxylation is 1. The smallest absolute Gasteiger partial charge is 0.319 e. The highest BCUT2D eigenvalue weighted by Gasteiger charge is 2.15. The van der Waals surface area contributed by atoms with Crippen LogP contribution in [0.5, 0.6) is 0 Å². The van der Waals surface area contributed by atoms with Crippen molar-refractivity contribution in [1.82, 2.24) is 15.2 Å². The summed E-state index contributed by atoms with van der Waals surface area (Å²) in [5.74, 6) is 0. The number of nitrogens with one attached hydrogen (secondary N) is 3. The monoisotopic (exact) mass is 376 g/mol. The van der Waals surface area contributed by atoms with Crippen molar-refractivity contribution in [2.45, 2.75) is 19.9 Å². The first kappa shape index (κ1) is 18.3. The molecule has 0 atom stereocenters. The van der Waals surface area contributed by atoms with Crippen LogP contribution in [-0.2, 0) is 13.0 Å². The van der Waals surface area contributed by atoms with Crippen LogP contribution in [0.1, 0.15) is 16.7 Å². The number of H-pyrrole nitrogens is 1. The van der Waals surface area contributed by atoms with Gasteiger partial charge < -0.3 is 15.6 Å². The number of nitrogens with zero attached hydrogens (tertiary/aromatic N) is 1. The molecule has 0 bridgehead atoms. The molecule has 0 fully saturated rings. The van der Waals surface area contributed by atoms with E-state index in [1.807, 2.05) is 25.1 Å². The quantitative estimate of drug-likeness (QED) is 0.655. The molecule has 3 aromatic rings. The van der Waals surface area contributed by atoms with Crippen LogP contribution in [0.4, 0.5) is 10.5 Å². The molecule has 6 heteroatoms. The molecule has 2 aromatic carbocycles. The molecular weight excluding hydrogens is 352 g/mol. The van der Waals surface area contributed by atoms with Crippen LogP contribution in [0.25, 0.3) is 10.9 Å². The summed E-state index contributed by atoms with van der Waals surface area (Å²) in [5.41, 5.74) is 4.60. The van der Waals surface area contributed by atoms with Crippen molar-refractivity contribution in [2.24, 2.45) is 0 Å². The van der Waals surface area contributed by atoms with Gasteiger partial charge in [0.2, 0.25) is 5.43 Å². The zero-order valence-electron chi connectivity index (χ0n) is 15.9. The average Bonchev–Trinajstić information content (AvgIpc) is 2.70. The fourth-order valence-electron chi connectivity index (χ4n) is 3.66. The van der Waals surface area contributed by atoms with Gasteiger partial charge >= 0.3 is 6.03 Å². The van der Waals surface area contributed by atoms with Crippen LogP contribution >= 0.6 is 0 Å². The van der Waals surface area contributed by atoms with E-state index >= 15 is 0 Å². The summed E-state index contributed by atoms with van der Waals surface area (Å²) in [7, 11) is 0. The Morgan fingerprint density at radius 3 is 2.86 bits per heavy atom. The highest BCUT2D eigenvalue weighted by molar-refractivity contribution is 5.92. The number of aromatic amines is 1. The fraction of sp³-hybridized carbons (Fsp3) is 0.273. The molecular formula is C22H24N4O2. The zero-order valence-corrected chi connectivity index (χ0v) is 15.9. The number of carbonyl (C=O) groups excluding carboxylic acids is 1. The van der Waals surface area contributed by atoms with E-state index in [0.717, 1.165) is 37.1 Å². The minimum absolute atomic E-state index is 0.180. The lowest BCUT2D eigenvalue weighted by molar-refractivity contribution is 0.239. The van der Waals surface area contributed by atoms with Gasteiger partial charge in [-0.1, -0.05) is 35.9 Å². The van der Waals surface area contributed by atoms with Crippen molar-refractivity contribution < 1.29 is 4.79 Å². The Morgan fingerprint density at radius 1 is 1.18 bits per heavy atom. The normalized spacial score (nSPS) is 13.9. The lowest BCUT2D eigenvalue weighted by atomic mass is 10.00. The lowest BCUT2D eigenvalue weighted by Crippen LogP contribution is -2.39. The number of benzene rings is 2. The molecule has 1 aliphatic heterocycles. The largest absolute Gasteiger partial charge is 0.359 e. The summed E-state index contributed by atoms with van der Waals surface area (Å²) in [4.78, 5) is 30.2. The van der Waals surface area contributed by atoms with E-state index in [-0.39, 0.29) is 17.1 Å². The van der Waals surface area contributed by atoms with Crippen molar-refractivity contribution in [2.75, 3.05) is 25.0 Å². The van der Waals surface area contributed by atoms with Gasteiger partial charge in [0.25, 0.3) is 0 Å². The highest BCUT2D eigenvalue weighted by atomic mass is 16.2. The fourth-order valence-corrected chi connectivity index (χ4v) is 3.66. The number of amides is 2. The standard InChI is InChI=1S/C22H24N4O2/c1-15-6-7-19-18(12-15)21(27)20(13-24-19)25-22(28)23-9-11-26-10-8-16-4-2-3-5-17(16)14-26/h2-7,12-13H,8-11,14H2,1H3,(H,24,27)(H2,23,25,28). The highest BCUT2D eigenvalue weighted by Crippen LogP contribution is 2.17. The van der Waals surface area contributed by atoms with Gasteiger partial charge in [-0.2, -0.15) is 0 Å². The molecule has 1 aromatic heterocycles. The maximum Gasteiger partial charge on any atom is 0.319 e. The van der Waals surface area contributed by atoms with E-state index < -0.39 is 0 Å². The van der Waals surface area contributed by atoms with Gasteiger partial charge in [-0.15, -0.1) is 0 Å². The summed E-state index contributed by atoms with van der Waals surface area (Å²) in [6.45, 7) is 5.13. The van der Waals surface area contributed by atoms with E-state index in [1.54, 1.807) is 6.20 Å². The predicted octanol–water partition coefficient (Wildman–Crippen LogP) is 3.02. The van der Waals surface area contributed by atoms with Crippen molar-refractivity contribution in [3.63, 3.8) is 0 Å². The van der Waals surface area contributed by atoms with Gasteiger partial charge in [0, 0.05) is 43.3 Å². The molecule has 144 valence electrons. The SMILES string of the molecule is Cc1ccc2[nH]cc(NC(=O)NCCN3CCc4ccccc4C3)c(=O)c2c1. The molecule has 0 radical (unpaired) electrons. The third-order valence-corrected chi connectivity index (χ3v) is 5.21. The van der Waals surface area contributed by atoms with E-state index in [1.165, 1.54) is 11.1 Å². The van der Waals surface area contributed by atoms with E-state index in [0.29, 0.717) is 11.9 Å². The maximum absolute atomic E-state index is 12.6. The number of hydrogen-bond acceptors (Lipinski definition) is 3. The van der Waals surface area contributed by atoms with Gasteiger partial charge in [0.15, 0.2) is 0 Å². The Bertz CT molecular complexity index is 1070. The zero-order chi connectivity index (χ0) is 19.5. The minimum Gasteiger partial charge on any atom is -0.359 e. The molecule has 1 aliphatic rings. The summed E-state index contributed by atoms with van der Waals surface area (Å²) in [6, 6.07) is 13.8. The van der Waals surface area contributed by atoms with Crippen LogP contribution in [0.2, 0.25) is 0 Å². The van der Waals surface area contributed by atoms with Crippen LogP contribution < -0.4 is 16.1 Å². The second kappa shape index (κ2) is 7.86. The topological polar surface area (TPSA) is 77.2 Å². The first-order valence-corrected chi connectivity index (χ1v) is 9.56. The molecule has 2 amide bonds. The lowest BCUT2D eigenvalue weighted by Gasteiger charge is -2.28. The van der Waals surface area contributed by atoms with Crippen LogP contribution in [0.15, 0.2) is 53.5 Å². The second-order valence-electron chi connectivity index (χ2n) is 7.26. The van der Waals surface area contributed by atoms with Crippen LogP contribution in [0.3, 0.4) is 0 Å². The molecule has 6 nitrogen and oxygen atoms in total. The molecule has 2 heterocycles. The van der Waals surface area contributed by atoms with Crippen molar-refractivity contribution >= 4 is 22.6 Å². The molecule has 0 unspecified atom stereocenters. The van der Waals surface area contributed by atoms with E-state index in [9.17, 15) is 9.59 Å². The minimum atomic E-state index is -0.366. The number of pyridine rings is 1. The Hall–Kier alpha value is -3.12. The maximum atomic E-state index is 12.6. The number of urea groups is 1. The molecule has 0 saturated heterocycles. The van der Waals surface area contributed by atoms with Gasteiger partial charge in [-0.05, 0) is 36.6 Å². The Balaban J connectivity index is 1.32. The first-order chi connectivity index (χ1) is 13.6. The number of fused-ring (bicyclic) bond motifs is 2. The number of carbonyl (C=O) groups is 1. The summed E-state index contributed by atoms with van der Waals surface area (Å²) < 4.78 is 0. The molecule has 0 spiro atoms. The molecule has 0 aliphatic carbocycles. The van der Waals surface area contributed by atoms with Crippen LogP contribution in [-0.4, -0.2) is 35.5 Å². The second-order valence-corrected chi connectivity index (χ2v) is 7.26. The summed E-state index contributed by atoms with van der Waals surface area (Å²) in [5, 5.41) is 6.08. The predicted molar refractivity (Wildman–Crippen MR) is 112 cm³/mol. The van der Waals surface area contributed by atoms with E-state index in [4.69, 9.17) is 0 Å². The molecule has 28 heavy (non-hydrogen) atoms. The Morgan fingerprint density at radius 2 is 2.00 bits per heavy atom. The molecule has 4 rings (SSSR count). The Kier molecular flexibility index (Phi) is 5.12. The van der Waals surface area contributed by atoms with Gasteiger partial charge in [0.05, 0.1) is 0 Å². The number of anilines is 1. The van der Waals surface area contributed by atoms with Crippen molar-refractivity contribution in [1.29, 1.82) is 0 Å². The number of rotatable bonds is 4. The van der Waals surface area contributed by atoms with Crippen molar-refractivity contribution in [3.8, 4) is 0 Å². The Labute approximate surface area is 163 Å². The molecule has 0 saturated carbocycles. The van der Waals surface area contributed by atoms with Crippen LogP contribution in [0, 0.1) is 6.92 Å². The molecule has 3 N–H and O–H groups in total. The number of aromatic nitrogens is 1. The average molecular weight is 376 g/mol. The third-order valence-electron chi connectivity index (χ3n) is 5.21.